The van der Waals surface area contributed by atoms with Gasteiger partial charge in [0.1, 0.15) is 11.9 Å². The number of nitrogens with one attached hydrogen (secondary N) is 1. The van der Waals surface area contributed by atoms with Gasteiger partial charge in [-0.2, -0.15) is 0 Å². The second kappa shape index (κ2) is 8.62. The topological polar surface area (TPSA) is 74.1 Å². The lowest BCUT2D eigenvalue weighted by Gasteiger charge is -2.25. The predicted molar refractivity (Wildman–Crippen MR) is 121 cm³/mol. The summed E-state index contributed by atoms with van der Waals surface area (Å²) in [6.07, 6.45) is 0. The van der Waals surface area contributed by atoms with Crippen LogP contribution in [-0.4, -0.2) is 39.5 Å². The normalized spacial score (nSPS) is 17.4. The molecule has 0 radical (unpaired) electrons. The molecule has 1 N–H and O–H groups in total. The van der Waals surface area contributed by atoms with E-state index < -0.39 is 6.04 Å². The fraction of sp³-hybridized carbons (Fsp3) is 0.273. The molecule has 6 nitrogen and oxygen atoms in total. The third kappa shape index (κ3) is 4.00. The van der Waals surface area contributed by atoms with E-state index in [1.165, 1.54) is 11.8 Å². The van der Waals surface area contributed by atoms with Crippen molar-refractivity contribution < 1.29 is 9.59 Å². The SMILES string of the molecule is CC(C)[C@@H]1N=C2c3ccccc3N=C(SCC(=O)NCc3ccccc3Cl)N2C1=O. The summed E-state index contributed by atoms with van der Waals surface area (Å²) in [5.74, 6) is 0.565. The molecule has 0 aromatic heterocycles. The van der Waals surface area contributed by atoms with Gasteiger partial charge in [-0.25, -0.2) is 9.89 Å². The van der Waals surface area contributed by atoms with Crippen LogP contribution in [0.2, 0.25) is 5.02 Å². The van der Waals surface area contributed by atoms with E-state index in [-0.39, 0.29) is 23.5 Å². The zero-order valence-electron chi connectivity index (χ0n) is 16.6. The molecule has 154 valence electrons. The van der Waals surface area contributed by atoms with Gasteiger partial charge in [0.2, 0.25) is 5.91 Å². The van der Waals surface area contributed by atoms with Crippen LogP contribution in [0.5, 0.6) is 0 Å². The van der Waals surface area contributed by atoms with Crippen molar-refractivity contribution in [3.05, 3.63) is 64.7 Å². The van der Waals surface area contributed by atoms with E-state index in [9.17, 15) is 9.59 Å². The van der Waals surface area contributed by atoms with Crippen molar-refractivity contribution in [1.29, 1.82) is 0 Å². The van der Waals surface area contributed by atoms with Crippen LogP contribution in [0.15, 0.2) is 58.5 Å². The van der Waals surface area contributed by atoms with Crippen LogP contribution < -0.4 is 5.32 Å². The molecule has 4 rings (SSSR count). The molecule has 2 aliphatic heterocycles. The molecule has 0 bridgehead atoms. The van der Waals surface area contributed by atoms with Crippen molar-refractivity contribution in [3.63, 3.8) is 0 Å². The third-order valence-electron chi connectivity index (χ3n) is 4.90. The number of thioether (sulfide) groups is 1. The van der Waals surface area contributed by atoms with Crippen LogP contribution in [0.4, 0.5) is 5.69 Å². The highest BCUT2D eigenvalue weighted by molar-refractivity contribution is 8.14. The average Bonchev–Trinajstić information content (AvgIpc) is 3.09. The van der Waals surface area contributed by atoms with Crippen molar-refractivity contribution in [2.75, 3.05) is 5.75 Å². The number of halogens is 1. The van der Waals surface area contributed by atoms with Crippen molar-refractivity contribution >= 4 is 51.9 Å². The Hall–Kier alpha value is -2.64. The average molecular weight is 441 g/mol. The van der Waals surface area contributed by atoms with E-state index in [4.69, 9.17) is 11.6 Å². The first-order chi connectivity index (χ1) is 14.5. The minimum absolute atomic E-state index is 0.0768. The Morgan fingerprint density at radius 3 is 2.70 bits per heavy atom. The molecule has 0 saturated heterocycles. The summed E-state index contributed by atoms with van der Waals surface area (Å²) in [4.78, 5) is 36.3. The van der Waals surface area contributed by atoms with Gasteiger partial charge in [-0.1, -0.05) is 67.5 Å². The summed E-state index contributed by atoms with van der Waals surface area (Å²) in [6, 6.07) is 14.5. The fourth-order valence-electron chi connectivity index (χ4n) is 3.32. The minimum Gasteiger partial charge on any atom is -0.351 e. The van der Waals surface area contributed by atoms with Crippen LogP contribution in [-0.2, 0) is 16.1 Å². The second-order valence-corrected chi connectivity index (χ2v) is 8.73. The van der Waals surface area contributed by atoms with Crippen molar-refractivity contribution in [2.24, 2.45) is 15.9 Å². The molecule has 0 aliphatic carbocycles. The molecule has 1 atom stereocenters. The zero-order valence-corrected chi connectivity index (χ0v) is 18.2. The number of nitrogens with zero attached hydrogens (tertiary/aromatic N) is 3. The number of rotatable bonds is 5. The van der Waals surface area contributed by atoms with E-state index in [0.29, 0.717) is 22.6 Å². The largest absolute Gasteiger partial charge is 0.351 e. The molecule has 0 saturated carbocycles. The third-order valence-corrected chi connectivity index (χ3v) is 6.20. The monoisotopic (exact) mass is 440 g/mol. The van der Waals surface area contributed by atoms with Crippen LogP contribution in [0.3, 0.4) is 0 Å². The molecule has 2 amide bonds. The van der Waals surface area contributed by atoms with Gasteiger partial charge in [0.05, 0.1) is 11.4 Å². The first-order valence-electron chi connectivity index (χ1n) is 9.68. The van der Waals surface area contributed by atoms with E-state index in [1.54, 1.807) is 11.0 Å². The quantitative estimate of drug-likeness (QED) is 0.763. The zero-order chi connectivity index (χ0) is 21.3. The van der Waals surface area contributed by atoms with Gasteiger partial charge in [0.25, 0.3) is 5.91 Å². The smallest absolute Gasteiger partial charge is 0.259 e. The minimum atomic E-state index is -0.439. The summed E-state index contributed by atoms with van der Waals surface area (Å²) in [5, 5.41) is 3.96. The Kier molecular flexibility index (Phi) is 5.92. The number of hydrogen-bond acceptors (Lipinski definition) is 5. The van der Waals surface area contributed by atoms with Crippen LogP contribution in [0.25, 0.3) is 0 Å². The Morgan fingerprint density at radius 2 is 1.93 bits per heavy atom. The lowest BCUT2D eigenvalue weighted by Crippen LogP contribution is -2.42. The molecule has 0 unspecified atom stereocenters. The first kappa shape index (κ1) is 20.6. The van der Waals surface area contributed by atoms with Gasteiger partial charge in [-0.05, 0) is 29.7 Å². The van der Waals surface area contributed by atoms with Gasteiger partial charge in [0, 0.05) is 17.1 Å². The second-order valence-electron chi connectivity index (χ2n) is 7.38. The first-order valence-corrected chi connectivity index (χ1v) is 11.0. The maximum absolute atomic E-state index is 13.0. The van der Waals surface area contributed by atoms with E-state index in [0.717, 1.165) is 16.8 Å². The number of carbonyl (C=O) groups excluding carboxylic acids is 2. The van der Waals surface area contributed by atoms with E-state index in [1.807, 2.05) is 56.3 Å². The fourth-order valence-corrected chi connectivity index (χ4v) is 4.35. The highest BCUT2D eigenvalue weighted by atomic mass is 35.5. The molecule has 2 aromatic carbocycles. The Balaban J connectivity index is 1.49. The summed E-state index contributed by atoms with van der Waals surface area (Å²) in [5.41, 5.74) is 2.44. The Morgan fingerprint density at radius 1 is 1.20 bits per heavy atom. The number of hydrogen-bond donors (Lipinski definition) is 1. The Labute approximate surface area is 184 Å². The van der Waals surface area contributed by atoms with Gasteiger partial charge >= 0.3 is 0 Å². The molecule has 2 aliphatic rings. The lowest BCUT2D eigenvalue weighted by atomic mass is 10.1. The molecule has 8 heteroatoms. The van der Waals surface area contributed by atoms with Crippen LogP contribution in [0.1, 0.15) is 25.0 Å². The number of benzene rings is 2. The molecule has 0 spiro atoms. The summed E-state index contributed by atoms with van der Waals surface area (Å²) in [6.45, 7) is 4.30. The Bertz CT molecular complexity index is 1070. The number of aliphatic imine (C=N–C) groups is 2. The van der Waals surface area contributed by atoms with Crippen molar-refractivity contribution in [3.8, 4) is 0 Å². The van der Waals surface area contributed by atoms with Crippen LogP contribution >= 0.6 is 23.4 Å². The number of amidine groups is 2. The highest BCUT2D eigenvalue weighted by Gasteiger charge is 2.42. The summed E-state index contributed by atoms with van der Waals surface area (Å²) < 4.78 is 0. The van der Waals surface area contributed by atoms with Gasteiger partial charge in [0.15, 0.2) is 5.17 Å². The summed E-state index contributed by atoms with van der Waals surface area (Å²) >= 11 is 7.37. The maximum Gasteiger partial charge on any atom is 0.259 e. The van der Waals surface area contributed by atoms with E-state index >= 15 is 0 Å². The molecule has 2 aromatic rings. The molecule has 2 heterocycles. The van der Waals surface area contributed by atoms with Crippen LogP contribution in [0, 0.1) is 5.92 Å². The number of para-hydroxylation sites is 1. The molecular weight excluding hydrogens is 420 g/mol. The highest BCUT2D eigenvalue weighted by Crippen LogP contribution is 2.34. The van der Waals surface area contributed by atoms with Crippen molar-refractivity contribution in [2.45, 2.75) is 26.4 Å². The standard InChI is InChI=1S/C22H21ClN4O2S/c1-13(2)19-21(29)27-20(26-19)15-8-4-6-10-17(15)25-22(27)30-12-18(28)24-11-14-7-3-5-9-16(14)23/h3-10,13,19H,11-12H2,1-2H3,(H,24,28)/t19-/m0/s1. The maximum atomic E-state index is 13.0. The number of amides is 2. The predicted octanol–water partition coefficient (Wildman–Crippen LogP) is 4.00. The lowest BCUT2D eigenvalue weighted by molar-refractivity contribution is -0.125. The van der Waals surface area contributed by atoms with E-state index in [2.05, 4.69) is 15.3 Å². The molecule has 30 heavy (non-hydrogen) atoms. The number of carbonyl (C=O) groups is 2. The van der Waals surface area contributed by atoms with Gasteiger partial charge < -0.3 is 5.32 Å². The van der Waals surface area contributed by atoms with Crippen molar-refractivity contribution in [1.82, 2.24) is 10.2 Å². The number of fused-ring (bicyclic) bond motifs is 3. The molecular formula is C22H21ClN4O2S. The molecule has 0 fully saturated rings. The van der Waals surface area contributed by atoms with Gasteiger partial charge in [-0.15, -0.1) is 0 Å². The summed E-state index contributed by atoms with van der Waals surface area (Å²) in [7, 11) is 0. The van der Waals surface area contributed by atoms with Gasteiger partial charge in [-0.3, -0.25) is 14.6 Å².